The minimum Gasteiger partial charge on any atom is -0.360 e. The van der Waals surface area contributed by atoms with Crippen molar-refractivity contribution in [1.29, 1.82) is 0 Å². The minimum absolute atomic E-state index is 0.0184. The Labute approximate surface area is 134 Å². The summed E-state index contributed by atoms with van der Waals surface area (Å²) in [6, 6.07) is 0. The van der Waals surface area contributed by atoms with Crippen LogP contribution in [-0.2, 0) is 4.79 Å². The van der Waals surface area contributed by atoms with Gasteiger partial charge in [0.15, 0.2) is 0 Å². The molecular formula is C14H23ClN4OS. The fraction of sp³-hybridized carbons (Fsp3) is 0.786. The van der Waals surface area contributed by atoms with Gasteiger partial charge in [0, 0.05) is 18.8 Å². The lowest BCUT2D eigenvalue weighted by Gasteiger charge is -2.21. The van der Waals surface area contributed by atoms with Crippen LogP contribution < -0.4 is 10.6 Å². The summed E-state index contributed by atoms with van der Waals surface area (Å²) >= 11 is 6.98. The number of carbonyl (C=O) groups is 1. The summed E-state index contributed by atoms with van der Waals surface area (Å²) in [7, 11) is 0. The number of halogens is 1. The Kier molecular flexibility index (Phi) is 7.23. The smallest absolute Gasteiger partial charge is 0.226 e. The highest BCUT2D eigenvalue weighted by Crippen LogP contribution is 2.25. The molecule has 0 aliphatic heterocycles. The van der Waals surface area contributed by atoms with Gasteiger partial charge in [-0.1, -0.05) is 30.6 Å². The summed E-state index contributed by atoms with van der Waals surface area (Å²) in [5.41, 5.74) is 0. The zero-order valence-corrected chi connectivity index (χ0v) is 13.8. The molecule has 1 aliphatic rings. The van der Waals surface area contributed by atoms with E-state index >= 15 is 0 Å². The maximum atomic E-state index is 11.7. The third-order valence-electron chi connectivity index (χ3n) is 3.73. The normalized spacial score (nSPS) is 15.9. The molecule has 2 N–H and O–H groups in total. The second kappa shape index (κ2) is 9.20. The van der Waals surface area contributed by atoms with E-state index in [4.69, 9.17) is 11.6 Å². The van der Waals surface area contributed by atoms with E-state index < -0.39 is 0 Å². The molecule has 1 aliphatic carbocycles. The number of nitrogens with zero attached hydrogens (tertiary/aromatic N) is 2. The number of hydrogen-bond acceptors (Lipinski definition) is 5. The maximum Gasteiger partial charge on any atom is 0.226 e. The predicted octanol–water partition coefficient (Wildman–Crippen LogP) is 3.88. The van der Waals surface area contributed by atoms with Gasteiger partial charge in [-0.15, -0.1) is 21.8 Å². The number of amides is 1. The molecule has 1 aromatic rings. The molecule has 1 saturated carbocycles. The van der Waals surface area contributed by atoms with Crippen molar-refractivity contribution in [2.45, 2.75) is 51.4 Å². The standard InChI is InChI=1S/C14H23ClN4OS/c15-9-5-4-8-12(20)17-14-19-18-13(21-14)16-10-11-6-2-1-3-7-11/h11H,1-10H2,(H,16,18)(H,17,19,20). The highest BCUT2D eigenvalue weighted by molar-refractivity contribution is 7.19. The van der Waals surface area contributed by atoms with E-state index in [0.29, 0.717) is 17.4 Å². The van der Waals surface area contributed by atoms with Crippen molar-refractivity contribution in [1.82, 2.24) is 10.2 Å². The lowest BCUT2D eigenvalue weighted by molar-refractivity contribution is -0.116. The summed E-state index contributed by atoms with van der Waals surface area (Å²) in [5, 5.41) is 15.5. The highest BCUT2D eigenvalue weighted by Gasteiger charge is 2.14. The van der Waals surface area contributed by atoms with E-state index in [-0.39, 0.29) is 5.91 Å². The van der Waals surface area contributed by atoms with Gasteiger partial charge in [-0.2, -0.15) is 0 Å². The van der Waals surface area contributed by atoms with E-state index in [0.717, 1.165) is 30.4 Å². The van der Waals surface area contributed by atoms with Crippen molar-refractivity contribution in [3.8, 4) is 0 Å². The average Bonchev–Trinajstić information content (AvgIpc) is 2.94. The van der Waals surface area contributed by atoms with Crippen molar-refractivity contribution in [2.75, 3.05) is 23.1 Å². The molecule has 1 aromatic heterocycles. The molecule has 0 radical (unpaired) electrons. The predicted molar refractivity (Wildman–Crippen MR) is 88.2 cm³/mol. The minimum atomic E-state index is -0.0184. The van der Waals surface area contributed by atoms with Gasteiger partial charge in [0.25, 0.3) is 0 Å². The number of nitrogens with one attached hydrogen (secondary N) is 2. The average molecular weight is 331 g/mol. The van der Waals surface area contributed by atoms with Crippen LogP contribution in [0.25, 0.3) is 0 Å². The Morgan fingerprint density at radius 1 is 1.19 bits per heavy atom. The van der Waals surface area contributed by atoms with Crippen LogP contribution in [0, 0.1) is 5.92 Å². The lowest BCUT2D eigenvalue weighted by Crippen LogP contribution is -2.16. The summed E-state index contributed by atoms with van der Waals surface area (Å²) in [6.07, 6.45) is 8.80. The van der Waals surface area contributed by atoms with Crippen LogP contribution in [0.15, 0.2) is 0 Å². The molecule has 1 heterocycles. The molecule has 0 spiro atoms. The Hall–Kier alpha value is -0.880. The first kappa shape index (κ1) is 16.5. The summed E-state index contributed by atoms with van der Waals surface area (Å²) < 4.78 is 0. The maximum absolute atomic E-state index is 11.7. The van der Waals surface area contributed by atoms with Gasteiger partial charge in [0.2, 0.25) is 16.2 Å². The third kappa shape index (κ3) is 6.18. The van der Waals surface area contributed by atoms with Gasteiger partial charge in [-0.05, 0) is 31.6 Å². The number of carbonyl (C=O) groups excluding carboxylic acids is 1. The molecule has 0 aromatic carbocycles. The van der Waals surface area contributed by atoms with Gasteiger partial charge in [-0.25, -0.2) is 0 Å². The van der Waals surface area contributed by atoms with E-state index in [9.17, 15) is 4.79 Å². The van der Waals surface area contributed by atoms with Crippen LogP contribution >= 0.6 is 22.9 Å². The first-order valence-corrected chi connectivity index (χ1v) is 9.06. The fourth-order valence-electron chi connectivity index (χ4n) is 2.53. The van der Waals surface area contributed by atoms with Gasteiger partial charge in [0.1, 0.15) is 0 Å². The number of rotatable bonds is 8. The number of aromatic nitrogens is 2. The first-order chi connectivity index (χ1) is 10.3. The SMILES string of the molecule is O=C(CCCCCl)Nc1nnc(NCC2CCCCC2)s1. The molecule has 0 unspecified atom stereocenters. The van der Waals surface area contributed by atoms with Crippen molar-refractivity contribution in [2.24, 2.45) is 5.92 Å². The lowest BCUT2D eigenvalue weighted by atomic mass is 9.89. The van der Waals surface area contributed by atoms with E-state index in [1.165, 1.54) is 43.4 Å². The number of unbranched alkanes of at least 4 members (excludes halogenated alkanes) is 1. The molecular weight excluding hydrogens is 308 g/mol. The van der Waals surface area contributed by atoms with Crippen LogP contribution in [0.2, 0.25) is 0 Å². The van der Waals surface area contributed by atoms with Gasteiger partial charge >= 0.3 is 0 Å². The Morgan fingerprint density at radius 2 is 1.95 bits per heavy atom. The Bertz CT molecular complexity index is 434. The van der Waals surface area contributed by atoms with Gasteiger partial charge < -0.3 is 10.6 Å². The van der Waals surface area contributed by atoms with Crippen LogP contribution in [0.3, 0.4) is 0 Å². The highest BCUT2D eigenvalue weighted by atomic mass is 35.5. The zero-order chi connectivity index (χ0) is 14.9. The van der Waals surface area contributed by atoms with Gasteiger partial charge in [-0.3, -0.25) is 4.79 Å². The Balaban J connectivity index is 1.69. The second-order valence-electron chi connectivity index (χ2n) is 5.49. The van der Waals surface area contributed by atoms with Crippen molar-refractivity contribution < 1.29 is 4.79 Å². The molecule has 1 fully saturated rings. The molecule has 2 rings (SSSR count). The number of hydrogen-bond donors (Lipinski definition) is 2. The molecule has 1 amide bonds. The van der Waals surface area contributed by atoms with Crippen LogP contribution in [0.5, 0.6) is 0 Å². The molecule has 5 nitrogen and oxygen atoms in total. The quantitative estimate of drug-likeness (QED) is 0.560. The molecule has 118 valence electrons. The second-order valence-corrected chi connectivity index (χ2v) is 6.85. The van der Waals surface area contributed by atoms with Crippen LogP contribution in [0.4, 0.5) is 10.3 Å². The fourth-order valence-corrected chi connectivity index (χ4v) is 3.39. The van der Waals surface area contributed by atoms with Crippen molar-refractivity contribution >= 4 is 39.1 Å². The number of anilines is 2. The summed E-state index contributed by atoms with van der Waals surface area (Å²) in [4.78, 5) is 11.7. The molecule has 21 heavy (non-hydrogen) atoms. The van der Waals surface area contributed by atoms with Gasteiger partial charge in [0.05, 0.1) is 0 Å². The van der Waals surface area contributed by atoms with Crippen LogP contribution in [-0.4, -0.2) is 28.5 Å². The first-order valence-electron chi connectivity index (χ1n) is 7.71. The van der Waals surface area contributed by atoms with E-state index in [1.54, 1.807) is 0 Å². The van der Waals surface area contributed by atoms with Crippen molar-refractivity contribution in [3.63, 3.8) is 0 Å². The largest absolute Gasteiger partial charge is 0.360 e. The zero-order valence-electron chi connectivity index (χ0n) is 12.2. The molecule has 0 saturated heterocycles. The topological polar surface area (TPSA) is 66.9 Å². The number of alkyl halides is 1. The van der Waals surface area contributed by atoms with E-state index in [1.807, 2.05) is 0 Å². The summed E-state index contributed by atoms with van der Waals surface area (Å²) in [6.45, 7) is 0.957. The monoisotopic (exact) mass is 330 g/mol. The summed E-state index contributed by atoms with van der Waals surface area (Å²) in [5.74, 6) is 1.33. The Morgan fingerprint density at radius 3 is 2.71 bits per heavy atom. The van der Waals surface area contributed by atoms with Crippen molar-refractivity contribution in [3.05, 3.63) is 0 Å². The van der Waals surface area contributed by atoms with E-state index in [2.05, 4.69) is 20.8 Å². The molecule has 0 bridgehead atoms. The molecule has 0 atom stereocenters. The molecule has 7 heteroatoms. The third-order valence-corrected chi connectivity index (χ3v) is 4.79. The van der Waals surface area contributed by atoms with Crippen LogP contribution in [0.1, 0.15) is 51.4 Å².